The zero-order chi connectivity index (χ0) is 14.8. The molecule has 0 aliphatic heterocycles. The third-order valence-electron chi connectivity index (χ3n) is 3.49. The SMILES string of the molecule is C[C@H](NC(=O)c1cc2ccccc2[nH]1)c1ccc(F)cc1. The van der Waals surface area contributed by atoms with Crippen molar-refractivity contribution < 1.29 is 9.18 Å². The Bertz CT molecular complexity index is 744. The zero-order valence-corrected chi connectivity index (χ0v) is 11.6. The fourth-order valence-electron chi connectivity index (χ4n) is 2.30. The highest BCUT2D eigenvalue weighted by Gasteiger charge is 2.13. The lowest BCUT2D eigenvalue weighted by Crippen LogP contribution is -2.26. The van der Waals surface area contributed by atoms with Gasteiger partial charge in [-0.1, -0.05) is 30.3 Å². The number of hydrogen-bond acceptors (Lipinski definition) is 1. The molecule has 0 radical (unpaired) electrons. The molecule has 0 saturated carbocycles. The average Bonchev–Trinajstić information content (AvgIpc) is 2.92. The molecule has 106 valence electrons. The molecule has 3 rings (SSSR count). The maximum absolute atomic E-state index is 12.9. The maximum atomic E-state index is 12.9. The Labute approximate surface area is 121 Å². The predicted octanol–water partition coefficient (Wildman–Crippen LogP) is 3.80. The number of nitrogens with one attached hydrogen (secondary N) is 2. The molecule has 0 fully saturated rings. The Kier molecular flexibility index (Phi) is 3.44. The normalized spacial score (nSPS) is 12.3. The van der Waals surface area contributed by atoms with Crippen molar-refractivity contribution in [2.45, 2.75) is 13.0 Å². The van der Waals surface area contributed by atoms with Gasteiger partial charge in [0.25, 0.3) is 5.91 Å². The minimum Gasteiger partial charge on any atom is -0.351 e. The number of benzene rings is 2. The van der Waals surface area contributed by atoms with Gasteiger partial charge in [0.05, 0.1) is 6.04 Å². The number of para-hydroxylation sites is 1. The Morgan fingerprint density at radius 2 is 1.86 bits per heavy atom. The lowest BCUT2D eigenvalue weighted by Gasteiger charge is -2.13. The third-order valence-corrected chi connectivity index (χ3v) is 3.49. The summed E-state index contributed by atoms with van der Waals surface area (Å²) < 4.78 is 12.9. The van der Waals surface area contributed by atoms with Crippen LogP contribution in [-0.2, 0) is 0 Å². The summed E-state index contributed by atoms with van der Waals surface area (Å²) in [5.74, 6) is -0.462. The molecule has 3 aromatic rings. The van der Waals surface area contributed by atoms with Crippen LogP contribution in [0, 0.1) is 5.82 Å². The van der Waals surface area contributed by atoms with E-state index >= 15 is 0 Å². The van der Waals surface area contributed by atoms with Crippen LogP contribution in [0.5, 0.6) is 0 Å². The van der Waals surface area contributed by atoms with Crippen LogP contribution >= 0.6 is 0 Å². The van der Waals surface area contributed by atoms with Gasteiger partial charge in [0, 0.05) is 10.9 Å². The number of rotatable bonds is 3. The van der Waals surface area contributed by atoms with E-state index in [0.29, 0.717) is 5.69 Å². The van der Waals surface area contributed by atoms with Crippen molar-refractivity contribution in [1.82, 2.24) is 10.3 Å². The van der Waals surface area contributed by atoms with Crippen molar-refractivity contribution in [3.8, 4) is 0 Å². The maximum Gasteiger partial charge on any atom is 0.268 e. The third kappa shape index (κ3) is 2.79. The minimum atomic E-state index is -0.284. The van der Waals surface area contributed by atoms with E-state index in [9.17, 15) is 9.18 Å². The van der Waals surface area contributed by atoms with E-state index < -0.39 is 0 Å². The molecule has 1 heterocycles. The quantitative estimate of drug-likeness (QED) is 0.754. The molecule has 0 spiro atoms. The number of hydrogen-bond donors (Lipinski definition) is 2. The number of aromatic nitrogens is 1. The molecular weight excluding hydrogens is 267 g/mol. The van der Waals surface area contributed by atoms with Gasteiger partial charge < -0.3 is 10.3 Å². The molecule has 0 bridgehead atoms. The minimum absolute atomic E-state index is 0.178. The molecule has 2 N–H and O–H groups in total. The molecule has 1 atom stereocenters. The van der Waals surface area contributed by atoms with Crippen molar-refractivity contribution in [3.05, 3.63) is 71.7 Å². The van der Waals surface area contributed by atoms with E-state index in [2.05, 4.69) is 10.3 Å². The summed E-state index contributed by atoms with van der Waals surface area (Å²) in [5.41, 5.74) is 2.31. The fraction of sp³-hybridized carbons (Fsp3) is 0.118. The zero-order valence-electron chi connectivity index (χ0n) is 11.6. The number of amides is 1. The molecule has 0 unspecified atom stereocenters. The van der Waals surface area contributed by atoms with Crippen LogP contribution in [-0.4, -0.2) is 10.9 Å². The van der Waals surface area contributed by atoms with E-state index in [0.717, 1.165) is 16.5 Å². The van der Waals surface area contributed by atoms with Crippen molar-refractivity contribution in [3.63, 3.8) is 0 Å². The first-order valence-electron chi connectivity index (χ1n) is 6.77. The topological polar surface area (TPSA) is 44.9 Å². The van der Waals surface area contributed by atoms with Crippen LogP contribution in [0.3, 0.4) is 0 Å². The summed E-state index contributed by atoms with van der Waals surface area (Å²) in [5, 5.41) is 3.90. The van der Waals surface area contributed by atoms with Crippen molar-refractivity contribution in [1.29, 1.82) is 0 Å². The molecule has 2 aromatic carbocycles. The fourth-order valence-corrected chi connectivity index (χ4v) is 2.30. The van der Waals surface area contributed by atoms with Gasteiger partial charge in [0.2, 0.25) is 0 Å². The van der Waals surface area contributed by atoms with Crippen LogP contribution in [0.1, 0.15) is 29.0 Å². The van der Waals surface area contributed by atoms with E-state index in [1.165, 1.54) is 12.1 Å². The monoisotopic (exact) mass is 282 g/mol. The summed E-state index contributed by atoms with van der Waals surface area (Å²) in [7, 11) is 0. The van der Waals surface area contributed by atoms with E-state index in [-0.39, 0.29) is 17.8 Å². The summed E-state index contributed by atoms with van der Waals surface area (Å²) in [4.78, 5) is 15.3. The Balaban J connectivity index is 1.77. The number of fused-ring (bicyclic) bond motifs is 1. The first-order valence-corrected chi connectivity index (χ1v) is 6.77. The molecule has 0 aliphatic rings. The molecule has 3 nitrogen and oxygen atoms in total. The van der Waals surface area contributed by atoms with Gasteiger partial charge in [0.15, 0.2) is 0 Å². The summed E-state index contributed by atoms with van der Waals surface area (Å²) >= 11 is 0. The Morgan fingerprint density at radius 1 is 1.14 bits per heavy atom. The summed E-state index contributed by atoms with van der Waals surface area (Å²) in [6.07, 6.45) is 0. The highest BCUT2D eigenvalue weighted by atomic mass is 19.1. The highest BCUT2D eigenvalue weighted by Crippen LogP contribution is 2.17. The second-order valence-electron chi connectivity index (χ2n) is 5.02. The van der Waals surface area contributed by atoms with Crippen molar-refractivity contribution in [2.75, 3.05) is 0 Å². The summed E-state index contributed by atoms with van der Waals surface area (Å²) in [6.45, 7) is 1.87. The van der Waals surface area contributed by atoms with Crippen LogP contribution < -0.4 is 5.32 Å². The lowest BCUT2D eigenvalue weighted by atomic mass is 10.1. The lowest BCUT2D eigenvalue weighted by molar-refractivity contribution is 0.0935. The number of carbonyl (C=O) groups excluding carboxylic acids is 1. The highest BCUT2D eigenvalue weighted by molar-refractivity contribution is 5.98. The average molecular weight is 282 g/mol. The molecule has 0 aliphatic carbocycles. The number of carbonyl (C=O) groups is 1. The van der Waals surface area contributed by atoms with Gasteiger partial charge in [0.1, 0.15) is 11.5 Å². The number of aromatic amines is 1. The Morgan fingerprint density at radius 3 is 2.57 bits per heavy atom. The van der Waals surface area contributed by atoms with Gasteiger partial charge in [-0.3, -0.25) is 4.79 Å². The van der Waals surface area contributed by atoms with Crippen LogP contribution in [0.15, 0.2) is 54.6 Å². The molecule has 1 amide bonds. The molecular formula is C17H15FN2O. The molecule has 0 saturated heterocycles. The predicted molar refractivity (Wildman–Crippen MR) is 80.6 cm³/mol. The van der Waals surface area contributed by atoms with Gasteiger partial charge >= 0.3 is 0 Å². The van der Waals surface area contributed by atoms with Crippen LogP contribution in [0.4, 0.5) is 4.39 Å². The second-order valence-corrected chi connectivity index (χ2v) is 5.02. The first kappa shape index (κ1) is 13.4. The standard InChI is InChI=1S/C17H15FN2O/c1-11(12-6-8-14(18)9-7-12)19-17(21)16-10-13-4-2-3-5-15(13)20-16/h2-11,20H,1H3,(H,19,21)/t11-/m0/s1. The van der Waals surface area contributed by atoms with E-state index in [1.54, 1.807) is 12.1 Å². The number of H-pyrrole nitrogens is 1. The Hall–Kier alpha value is -2.62. The number of halogens is 1. The second kappa shape index (κ2) is 5.40. The van der Waals surface area contributed by atoms with Crippen molar-refractivity contribution >= 4 is 16.8 Å². The van der Waals surface area contributed by atoms with Crippen molar-refractivity contribution in [2.24, 2.45) is 0 Å². The molecule has 1 aromatic heterocycles. The van der Waals surface area contributed by atoms with E-state index in [1.807, 2.05) is 37.3 Å². The van der Waals surface area contributed by atoms with Crippen LogP contribution in [0.25, 0.3) is 10.9 Å². The summed E-state index contributed by atoms with van der Waals surface area (Å²) in [6, 6.07) is 15.5. The van der Waals surface area contributed by atoms with Gasteiger partial charge in [-0.15, -0.1) is 0 Å². The smallest absolute Gasteiger partial charge is 0.268 e. The molecule has 21 heavy (non-hydrogen) atoms. The van der Waals surface area contributed by atoms with Gasteiger partial charge in [-0.25, -0.2) is 4.39 Å². The molecule has 4 heteroatoms. The largest absolute Gasteiger partial charge is 0.351 e. The first-order chi connectivity index (χ1) is 10.1. The van der Waals surface area contributed by atoms with E-state index in [4.69, 9.17) is 0 Å². The van der Waals surface area contributed by atoms with Crippen LogP contribution in [0.2, 0.25) is 0 Å². The van der Waals surface area contributed by atoms with Gasteiger partial charge in [-0.05, 0) is 36.8 Å². The van der Waals surface area contributed by atoms with Gasteiger partial charge in [-0.2, -0.15) is 0 Å².